The Hall–Kier alpha value is -2.12. The number of hydrogen-bond acceptors (Lipinski definition) is 5. The summed E-state index contributed by atoms with van der Waals surface area (Å²) in [7, 11) is 2.00. The van der Waals surface area contributed by atoms with Gasteiger partial charge < -0.3 is 23.4 Å². The first kappa shape index (κ1) is 17.3. The number of fused-ring (bicyclic) bond motifs is 1. The smallest absolute Gasteiger partial charge is 0.289 e. The molecule has 1 atom stereocenters. The third-order valence-electron chi connectivity index (χ3n) is 5.26. The highest BCUT2D eigenvalue weighted by Crippen LogP contribution is 2.29. The molecule has 1 amide bonds. The Labute approximate surface area is 152 Å². The quantitative estimate of drug-likeness (QED) is 0.818. The monoisotopic (exact) mass is 359 g/mol. The number of rotatable bonds is 5. The molecule has 7 nitrogen and oxygen atoms in total. The van der Waals surface area contributed by atoms with Gasteiger partial charge in [0.2, 0.25) is 0 Å². The lowest BCUT2D eigenvalue weighted by atomic mass is 9.98. The Balaban J connectivity index is 1.43. The van der Waals surface area contributed by atoms with Crippen molar-refractivity contribution < 1.29 is 18.7 Å². The summed E-state index contributed by atoms with van der Waals surface area (Å²) in [5, 5.41) is 0. The minimum absolute atomic E-state index is 0.0965. The Morgan fingerprint density at radius 1 is 1.35 bits per heavy atom. The van der Waals surface area contributed by atoms with Gasteiger partial charge in [0.1, 0.15) is 0 Å². The molecule has 140 valence electrons. The Bertz CT molecular complexity index is 734. The zero-order chi connectivity index (χ0) is 17.9. The van der Waals surface area contributed by atoms with Gasteiger partial charge >= 0.3 is 0 Å². The van der Waals surface area contributed by atoms with E-state index in [1.165, 1.54) is 12.0 Å². The van der Waals surface area contributed by atoms with Gasteiger partial charge in [-0.2, -0.15) is 0 Å². The summed E-state index contributed by atoms with van der Waals surface area (Å²) in [6.45, 7) is 4.11. The fraction of sp³-hybridized carbons (Fsp3) is 0.579. The van der Waals surface area contributed by atoms with E-state index in [9.17, 15) is 4.79 Å². The van der Waals surface area contributed by atoms with Crippen LogP contribution in [-0.2, 0) is 23.1 Å². The molecule has 0 aromatic carbocycles. The molecule has 0 N–H and O–H groups in total. The van der Waals surface area contributed by atoms with Crippen molar-refractivity contribution in [3.05, 3.63) is 41.9 Å². The minimum atomic E-state index is -0.0965. The highest BCUT2D eigenvalue weighted by atomic mass is 16.5. The zero-order valence-corrected chi connectivity index (χ0v) is 15.1. The Morgan fingerprint density at radius 3 is 2.96 bits per heavy atom. The number of carbonyl (C=O) groups is 1. The molecular weight excluding hydrogens is 334 g/mol. The lowest BCUT2D eigenvalue weighted by Gasteiger charge is -2.32. The molecule has 2 aliphatic heterocycles. The maximum Gasteiger partial charge on any atom is 0.289 e. The number of carbonyl (C=O) groups excluding carboxylic acids is 1. The number of imidazole rings is 1. The predicted molar refractivity (Wildman–Crippen MR) is 93.8 cm³/mol. The molecule has 2 aliphatic rings. The van der Waals surface area contributed by atoms with Gasteiger partial charge in [-0.25, -0.2) is 4.98 Å². The third-order valence-corrected chi connectivity index (χ3v) is 5.26. The fourth-order valence-electron chi connectivity index (χ4n) is 3.86. The molecule has 0 spiro atoms. The molecule has 26 heavy (non-hydrogen) atoms. The molecule has 1 saturated heterocycles. The van der Waals surface area contributed by atoms with Gasteiger partial charge in [0.25, 0.3) is 5.91 Å². The molecule has 7 heteroatoms. The summed E-state index contributed by atoms with van der Waals surface area (Å²) in [5.41, 5.74) is 2.11. The van der Waals surface area contributed by atoms with Gasteiger partial charge in [0.05, 0.1) is 31.4 Å². The summed E-state index contributed by atoms with van der Waals surface area (Å²) in [6, 6.07) is 3.44. The second-order valence-corrected chi connectivity index (χ2v) is 7.14. The number of ether oxygens (including phenoxy) is 2. The maximum absolute atomic E-state index is 12.7. The summed E-state index contributed by atoms with van der Waals surface area (Å²) >= 11 is 0. The van der Waals surface area contributed by atoms with E-state index in [1.54, 1.807) is 17.0 Å². The van der Waals surface area contributed by atoms with Crippen molar-refractivity contribution in [2.24, 2.45) is 13.0 Å². The van der Waals surface area contributed by atoms with Crippen LogP contribution in [0.25, 0.3) is 0 Å². The second-order valence-electron chi connectivity index (χ2n) is 7.14. The van der Waals surface area contributed by atoms with Crippen LogP contribution in [0.3, 0.4) is 0 Å². The molecule has 0 bridgehead atoms. The van der Waals surface area contributed by atoms with Crippen molar-refractivity contribution in [1.82, 2.24) is 14.5 Å². The number of amides is 1. The van der Waals surface area contributed by atoms with E-state index in [0.717, 1.165) is 38.4 Å². The first-order valence-corrected chi connectivity index (χ1v) is 9.20. The van der Waals surface area contributed by atoms with E-state index >= 15 is 0 Å². The van der Waals surface area contributed by atoms with Crippen LogP contribution in [-0.4, -0.2) is 53.3 Å². The largest absolute Gasteiger partial charge is 0.459 e. The average molecular weight is 359 g/mol. The topological polar surface area (TPSA) is 69.7 Å². The van der Waals surface area contributed by atoms with E-state index in [2.05, 4.69) is 4.98 Å². The fourth-order valence-corrected chi connectivity index (χ4v) is 3.86. The first-order valence-electron chi connectivity index (χ1n) is 9.20. The Kier molecular flexibility index (Phi) is 5.08. The SMILES string of the molecule is Cn1cnc2c1C(COCC1CCOCC1)CN(C(=O)c1ccco1)C2. The lowest BCUT2D eigenvalue weighted by Crippen LogP contribution is -2.40. The van der Waals surface area contributed by atoms with E-state index in [4.69, 9.17) is 13.9 Å². The van der Waals surface area contributed by atoms with Crippen LogP contribution in [0.1, 0.15) is 40.7 Å². The number of aromatic nitrogens is 2. The van der Waals surface area contributed by atoms with Crippen molar-refractivity contribution in [3.63, 3.8) is 0 Å². The molecule has 2 aromatic heterocycles. The van der Waals surface area contributed by atoms with Crippen molar-refractivity contribution in [2.75, 3.05) is 33.0 Å². The molecule has 4 rings (SSSR count). The van der Waals surface area contributed by atoms with Crippen LogP contribution in [0.4, 0.5) is 0 Å². The summed E-state index contributed by atoms with van der Waals surface area (Å²) in [5.74, 6) is 0.955. The number of nitrogens with zero attached hydrogens (tertiary/aromatic N) is 3. The van der Waals surface area contributed by atoms with E-state index in [-0.39, 0.29) is 11.8 Å². The standard InChI is InChI=1S/C19H25N3O4/c1-21-13-20-16-10-22(19(23)17-3-2-6-26-17)9-15(18(16)21)12-25-11-14-4-7-24-8-5-14/h2-3,6,13-15H,4-5,7-12H2,1H3. The van der Waals surface area contributed by atoms with E-state index in [0.29, 0.717) is 31.4 Å². The summed E-state index contributed by atoms with van der Waals surface area (Å²) in [4.78, 5) is 19.0. The molecule has 1 unspecified atom stereocenters. The molecular formula is C19H25N3O4. The molecule has 4 heterocycles. The van der Waals surface area contributed by atoms with Crippen molar-refractivity contribution in [3.8, 4) is 0 Å². The third kappa shape index (κ3) is 3.54. The van der Waals surface area contributed by atoms with Gasteiger partial charge in [0.15, 0.2) is 5.76 Å². The van der Waals surface area contributed by atoms with Crippen LogP contribution in [0.15, 0.2) is 29.1 Å². The number of furan rings is 1. The predicted octanol–water partition coefficient (Wildman–Crippen LogP) is 2.20. The average Bonchev–Trinajstić information content (AvgIpc) is 3.32. The lowest BCUT2D eigenvalue weighted by molar-refractivity contribution is 0.0129. The maximum atomic E-state index is 12.7. The minimum Gasteiger partial charge on any atom is -0.459 e. The summed E-state index contributed by atoms with van der Waals surface area (Å²) in [6.07, 6.45) is 5.46. The van der Waals surface area contributed by atoms with Crippen molar-refractivity contribution >= 4 is 5.91 Å². The van der Waals surface area contributed by atoms with Gasteiger partial charge in [-0.3, -0.25) is 4.79 Å². The van der Waals surface area contributed by atoms with Crippen molar-refractivity contribution in [1.29, 1.82) is 0 Å². The molecule has 2 aromatic rings. The Morgan fingerprint density at radius 2 is 2.19 bits per heavy atom. The molecule has 0 saturated carbocycles. The van der Waals surface area contributed by atoms with Crippen LogP contribution in [0.2, 0.25) is 0 Å². The van der Waals surface area contributed by atoms with E-state index < -0.39 is 0 Å². The number of hydrogen-bond donors (Lipinski definition) is 0. The normalized spacial score (nSPS) is 21.0. The van der Waals surface area contributed by atoms with Crippen LogP contribution < -0.4 is 0 Å². The molecule has 0 aliphatic carbocycles. The van der Waals surface area contributed by atoms with E-state index in [1.807, 2.05) is 17.9 Å². The van der Waals surface area contributed by atoms with Gasteiger partial charge in [-0.05, 0) is 30.9 Å². The van der Waals surface area contributed by atoms with Gasteiger partial charge in [-0.1, -0.05) is 0 Å². The van der Waals surface area contributed by atoms with Crippen LogP contribution in [0.5, 0.6) is 0 Å². The van der Waals surface area contributed by atoms with Crippen molar-refractivity contribution in [2.45, 2.75) is 25.3 Å². The highest BCUT2D eigenvalue weighted by Gasteiger charge is 2.33. The van der Waals surface area contributed by atoms with Crippen LogP contribution in [0, 0.1) is 5.92 Å². The van der Waals surface area contributed by atoms with Gasteiger partial charge in [0, 0.05) is 45.0 Å². The van der Waals surface area contributed by atoms with Crippen LogP contribution >= 0.6 is 0 Å². The zero-order valence-electron chi connectivity index (χ0n) is 15.1. The number of aryl methyl sites for hydroxylation is 1. The first-order chi connectivity index (χ1) is 12.7. The second kappa shape index (κ2) is 7.63. The summed E-state index contributed by atoms with van der Waals surface area (Å²) < 4.78 is 18.8. The molecule has 1 fully saturated rings. The highest BCUT2D eigenvalue weighted by molar-refractivity contribution is 5.91. The molecule has 0 radical (unpaired) electrons. The van der Waals surface area contributed by atoms with Gasteiger partial charge in [-0.15, -0.1) is 0 Å².